The highest BCUT2D eigenvalue weighted by Gasteiger charge is 2.14. The maximum atomic E-state index is 4.28. The molecule has 0 bridgehead atoms. The van der Waals surface area contributed by atoms with Gasteiger partial charge in [0, 0.05) is 30.9 Å². The van der Waals surface area contributed by atoms with Crippen molar-refractivity contribution in [3.63, 3.8) is 0 Å². The van der Waals surface area contributed by atoms with E-state index >= 15 is 0 Å². The van der Waals surface area contributed by atoms with Crippen LogP contribution in [0, 0.1) is 6.92 Å². The van der Waals surface area contributed by atoms with Gasteiger partial charge in [-0.05, 0) is 30.4 Å². The Hall–Kier alpha value is -1.61. The highest BCUT2D eigenvalue weighted by atomic mass is 15.3. The van der Waals surface area contributed by atoms with Crippen molar-refractivity contribution in [3.8, 4) is 0 Å². The van der Waals surface area contributed by atoms with Crippen LogP contribution in [-0.4, -0.2) is 9.78 Å². The largest absolute Gasteiger partial charge is 0.306 e. The third-order valence-electron chi connectivity index (χ3n) is 4.21. The molecule has 21 heavy (non-hydrogen) atoms. The molecule has 0 saturated carbocycles. The van der Waals surface area contributed by atoms with Gasteiger partial charge in [-0.15, -0.1) is 0 Å². The number of rotatable bonds is 4. The molecule has 3 heteroatoms. The molecule has 3 nitrogen and oxygen atoms in total. The van der Waals surface area contributed by atoms with Crippen molar-refractivity contribution in [3.05, 3.63) is 52.8 Å². The summed E-state index contributed by atoms with van der Waals surface area (Å²) in [7, 11) is 1.98. The van der Waals surface area contributed by atoms with Gasteiger partial charge in [-0.25, -0.2) is 0 Å². The molecule has 0 radical (unpaired) electrons. The molecule has 2 aromatic rings. The number of nitrogens with zero attached hydrogens (tertiary/aromatic N) is 2. The van der Waals surface area contributed by atoms with Crippen molar-refractivity contribution in [1.29, 1.82) is 0 Å². The zero-order valence-corrected chi connectivity index (χ0v) is 14.1. The number of aromatic nitrogens is 2. The SMILES string of the molecule is Cc1c(CNC(C)c2ccc(C(C)(C)C)cc2)cnn1C. The third kappa shape index (κ3) is 3.73. The van der Waals surface area contributed by atoms with E-state index in [1.165, 1.54) is 22.4 Å². The van der Waals surface area contributed by atoms with Gasteiger partial charge in [-0.2, -0.15) is 5.10 Å². The van der Waals surface area contributed by atoms with Gasteiger partial charge in [0.2, 0.25) is 0 Å². The standard InChI is InChI=1S/C18H27N3/c1-13(19-11-16-12-20-21(6)14(16)2)15-7-9-17(10-8-15)18(3,4)5/h7-10,12-13,19H,11H2,1-6H3. The van der Waals surface area contributed by atoms with E-state index in [4.69, 9.17) is 0 Å². The molecule has 1 unspecified atom stereocenters. The monoisotopic (exact) mass is 285 g/mol. The summed E-state index contributed by atoms with van der Waals surface area (Å²) in [5.41, 5.74) is 5.39. The Kier molecular flexibility index (Phi) is 4.52. The molecule has 0 aliphatic rings. The van der Waals surface area contributed by atoms with E-state index in [2.05, 4.69) is 69.3 Å². The molecule has 114 valence electrons. The van der Waals surface area contributed by atoms with Crippen molar-refractivity contribution < 1.29 is 0 Å². The summed E-state index contributed by atoms with van der Waals surface area (Å²) >= 11 is 0. The first kappa shape index (κ1) is 15.8. The molecule has 1 aromatic heterocycles. The van der Waals surface area contributed by atoms with Gasteiger partial charge in [0.25, 0.3) is 0 Å². The minimum Gasteiger partial charge on any atom is -0.306 e. The van der Waals surface area contributed by atoms with Crippen molar-refractivity contribution in [2.45, 2.75) is 52.6 Å². The average molecular weight is 285 g/mol. The highest BCUT2D eigenvalue weighted by Crippen LogP contribution is 2.24. The first-order chi connectivity index (χ1) is 9.79. The van der Waals surface area contributed by atoms with Crippen LogP contribution in [0.3, 0.4) is 0 Å². The molecule has 1 aromatic carbocycles. The fourth-order valence-electron chi connectivity index (χ4n) is 2.37. The fraction of sp³-hybridized carbons (Fsp3) is 0.500. The molecule has 0 spiro atoms. The summed E-state index contributed by atoms with van der Waals surface area (Å²) in [4.78, 5) is 0. The second-order valence-electron chi connectivity index (χ2n) is 6.85. The lowest BCUT2D eigenvalue weighted by molar-refractivity contribution is 0.568. The Morgan fingerprint density at radius 1 is 1.19 bits per heavy atom. The minimum absolute atomic E-state index is 0.210. The summed E-state index contributed by atoms with van der Waals surface area (Å²) in [6.45, 7) is 11.9. The van der Waals surface area contributed by atoms with Crippen LogP contribution in [0.15, 0.2) is 30.5 Å². The molecule has 1 N–H and O–H groups in total. The molecule has 0 aliphatic carbocycles. The topological polar surface area (TPSA) is 29.9 Å². The van der Waals surface area contributed by atoms with Gasteiger partial charge < -0.3 is 5.32 Å². The van der Waals surface area contributed by atoms with E-state index in [1.807, 2.05) is 17.9 Å². The van der Waals surface area contributed by atoms with E-state index in [0.717, 1.165) is 6.54 Å². The zero-order chi connectivity index (χ0) is 15.6. The van der Waals surface area contributed by atoms with Crippen LogP contribution >= 0.6 is 0 Å². The molecular weight excluding hydrogens is 258 g/mol. The maximum Gasteiger partial charge on any atom is 0.0537 e. The lowest BCUT2D eigenvalue weighted by Crippen LogP contribution is -2.19. The summed E-state index contributed by atoms with van der Waals surface area (Å²) in [6, 6.07) is 9.27. The van der Waals surface area contributed by atoms with Crippen LogP contribution in [0.4, 0.5) is 0 Å². The van der Waals surface area contributed by atoms with Crippen molar-refractivity contribution >= 4 is 0 Å². The Morgan fingerprint density at radius 2 is 1.81 bits per heavy atom. The summed E-state index contributed by atoms with van der Waals surface area (Å²) in [5.74, 6) is 0. The minimum atomic E-state index is 0.210. The van der Waals surface area contributed by atoms with Crippen molar-refractivity contribution in [2.75, 3.05) is 0 Å². The van der Waals surface area contributed by atoms with Gasteiger partial charge >= 0.3 is 0 Å². The predicted octanol–water partition coefficient (Wildman–Crippen LogP) is 3.88. The van der Waals surface area contributed by atoms with E-state index < -0.39 is 0 Å². The van der Waals surface area contributed by atoms with Gasteiger partial charge in [0.15, 0.2) is 0 Å². The molecular formula is C18H27N3. The van der Waals surface area contributed by atoms with E-state index in [-0.39, 0.29) is 5.41 Å². The molecule has 1 atom stereocenters. The van der Waals surface area contributed by atoms with Gasteiger partial charge in [0.1, 0.15) is 0 Å². The maximum absolute atomic E-state index is 4.28. The lowest BCUT2D eigenvalue weighted by Gasteiger charge is -2.20. The second-order valence-corrected chi connectivity index (χ2v) is 6.85. The molecule has 2 rings (SSSR count). The Labute approximate surface area is 128 Å². The molecule has 0 fully saturated rings. The van der Waals surface area contributed by atoms with E-state index in [9.17, 15) is 0 Å². The third-order valence-corrected chi connectivity index (χ3v) is 4.21. The zero-order valence-electron chi connectivity index (χ0n) is 14.1. The fourth-order valence-corrected chi connectivity index (χ4v) is 2.37. The quantitative estimate of drug-likeness (QED) is 0.924. The summed E-state index contributed by atoms with van der Waals surface area (Å²) < 4.78 is 1.92. The van der Waals surface area contributed by atoms with E-state index in [0.29, 0.717) is 6.04 Å². The lowest BCUT2D eigenvalue weighted by atomic mass is 9.86. The Balaban J connectivity index is 2.00. The number of hydrogen-bond donors (Lipinski definition) is 1. The summed E-state index contributed by atoms with van der Waals surface area (Å²) in [5, 5.41) is 7.86. The van der Waals surface area contributed by atoms with Crippen LogP contribution < -0.4 is 5.32 Å². The second kappa shape index (κ2) is 6.02. The van der Waals surface area contributed by atoms with Crippen LogP contribution in [0.2, 0.25) is 0 Å². The number of aryl methyl sites for hydroxylation is 1. The van der Waals surface area contributed by atoms with Crippen LogP contribution in [0.25, 0.3) is 0 Å². The Bertz CT molecular complexity index is 588. The van der Waals surface area contributed by atoms with Crippen LogP contribution in [0.5, 0.6) is 0 Å². The van der Waals surface area contributed by atoms with E-state index in [1.54, 1.807) is 0 Å². The summed E-state index contributed by atoms with van der Waals surface area (Å²) in [6.07, 6.45) is 1.94. The smallest absolute Gasteiger partial charge is 0.0537 e. The first-order valence-electron chi connectivity index (χ1n) is 7.60. The van der Waals surface area contributed by atoms with Crippen LogP contribution in [0.1, 0.15) is 56.1 Å². The van der Waals surface area contributed by atoms with Crippen LogP contribution in [-0.2, 0) is 19.0 Å². The first-order valence-corrected chi connectivity index (χ1v) is 7.60. The van der Waals surface area contributed by atoms with Gasteiger partial charge in [-0.1, -0.05) is 45.0 Å². The number of nitrogens with one attached hydrogen (secondary N) is 1. The Morgan fingerprint density at radius 3 is 2.29 bits per heavy atom. The van der Waals surface area contributed by atoms with Gasteiger partial charge in [-0.3, -0.25) is 4.68 Å². The average Bonchev–Trinajstić information content (AvgIpc) is 2.75. The van der Waals surface area contributed by atoms with Crippen molar-refractivity contribution in [1.82, 2.24) is 15.1 Å². The molecule has 1 heterocycles. The molecule has 0 saturated heterocycles. The number of benzene rings is 1. The van der Waals surface area contributed by atoms with Gasteiger partial charge in [0.05, 0.1) is 6.20 Å². The van der Waals surface area contributed by atoms with Crippen molar-refractivity contribution in [2.24, 2.45) is 7.05 Å². The number of hydrogen-bond acceptors (Lipinski definition) is 2. The highest BCUT2D eigenvalue weighted by molar-refractivity contribution is 5.29. The normalized spacial score (nSPS) is 13.4. The molecule has 0 amide bonds. The molecule has 0 aliphatic heterocycles. The predicted molar refractivity (Wildman–Crippen MR) is 88.3 cm³/mol.